The van der Waals surface area contributed by atoms with Gasteiger partial charge >= 0.3 is 5.97 Å². The van der Waals surface area contributed by atoms with E-state index in [2.05, 4.69) is 15.3 Å². The molecule has 0 atom stereocenters. The number of carboxylic acids is 1. The van der Waals surface area contributed by atoms with Gasteiger partial charge in [-0.05, 0) is 38.3 Å². The van der Waals surface area contributed by atoms with Gasteiger partial charge in [0, 0.05) is 0 Å². The molecule has 2 heterocycles. The third-order valence-electron chi connectivity index (χ3n) is 3.78. The molecule has 7 heteroatoms. The molecule has 0 radical (unpaired) electrons. The Hall–Kier alpha value is -2.57. The van der Waals surface area contributed by atoms with Crippen LogP contribution in [0.25, 0.3) is 0 Å². The highest BCUT2D eigenvalue weighted by Crippen LogP contribution is 2.40. The number of carbonyl (C=O) groups is 2. The molecule has 3 N–H and O–H groups in total. The van der Waals surface area contributed by atoms with Crippen molar-refractivity contribution in [2.24, 2.45) is 0 Å². The first-order valence-electron chi connectivity index (χ1n) is 6.68. The third-order valence-corrected chi connectivity index (χ3v) is 3.78. The van der Waals surface area contributed by atoms with Gasteiger partial charge in [0.2, 0.25) is 0 Å². The molecule has 1 aliphatic rings. The molecule has 1 fully saturated rings. The fraction of sp³-hybridized carbons (Fsp3) is 0.357. The van der Waals surface area contributed by atoms with Crippen LogP contribution >= 0.6 is 0 Å². The molecule has 3 rings (SSSR count). The van der Waals surface area contributed by atoms with Gasteiger partial charge in [-0.15, -0.1) is 0 Å². The van der Waals surface area contributed by atoms with Gasteiger partial charge in [-0.3, -0.25) is 4.79 Å². The maximum absolute atomic E-state index is 12.2. The van der Waals surface area contributed by atoms with Crippen molar-refractivity contribution in [2.75, 3.05) is 0 Å². The summed E-state index contributed by atoms with van der Waals surface area (Å²) in [6.45, 7) is 1.77. The van der Waals surface area contributed by atoms with Crippen LogP contribution in [0.4, 0.5) is 0 Å². The van der Waals surface area contributed by atoms with E-state index >= 15 is 0 Å². The number of aromatic nitrogens is 2. The van der Waals surface area contributed by atoms with Gasteiger partial charge in [0.15, 0.2) is 5.76 Å². The number of furan rings is 1. The number of hydrogen-bond donors (Lipinski definition) is 3. The molecule has 0 unspecified atom stereocenters. The molecule has 110 valence electrons. The van der Waals surface area contributed by atoms with Crippen molar-refractivity contribution in [3.8, 4) is 0 Å². The van der Waals surface area contributed by atoms with Crippen molar-refractivity contribution in [1.29, 1.82) is 0 Å². The van der Waals surface area contributed by atoms with Crippen molar-refractivity contribution >= 4 is 11.9 Å². The van der Waals surface area contributed by atoms with Gasteiger partial charge in [0.05, 0.1) is 11.7 Å². The first kappa shape index (κ1) is 13.4. The van der Waals surface area contributed by atoms with Crippen molar-refractivity contribution in [1.82, 2.24) is 15.3 Å². The molecule has 2 aromatic heterocycles. The van der Waals surface area contributed by atoms with E-state index in [0.29, 0.717) is 24.4 Å². The smallest absolute Gasteiger partial charge is 0.353 e. The number of nitrogens with one attached hydrogen (secondary N) is 2. The predicted octanol–water partition coefficient (Wildman–Crippen LogP) is 1.82. The third kappa shape index (κ3) is 2.31. The quantitative estimate of drug-likeness (QED) is 0.795. The van der Waals surface area contributed by atoms with Crippen LogP contribution in [0.5, 0.6) is 0 Å². The van der Waals surface area contributed by atoms with E-state index in [0.717, 1.165) is 6.42 Å². The maximum Gasteiger partial charge on any atom is 0.353 e. The molecule has 1 aliphatic carbocycles. The van der Waals surface area contributed by atoms with Gasteiger partial charge in [-0.2, -0.15) is 0 Å². The van der Waals surface area contributed by atoms with Gasteiger partial charge < -0.3 is 19.8 Å². The molecule has 0 saturated heterocycles. The molecule has 0 aliphatic heterocycles. The van der Waals surface area contributed by atoms with Gasteiger partial charge in [-0.25, -0.2) is 9.78 Å². The van der Waals surface area contributed by atoms with Gasteiger partial charge in [0.1, 0.15) is 17.3 Å². The number of aromatic carboxylic acids is 1. The number of carbonyl (C=O) groups excluding carboxylic acids is 1. The van der Waals surface area contributed by atoms with Crippen LogP contribution in [0.1, 0.15) is 51.9 Å². The minimum atomic E-state index is -1.07. The number of H-pyrrole nitrogens is 1. The number of carboxylic acid groups (broad SMARTS) is 1. The molecule has 2 aromatic rings. The van der Waals surface area contributed by atoms with Crippen molar-refractivity contribution in [3.05, 3.63) is 41.4 Å². The molecule has 0 bridgehead atoms. The van der Waals surface area contributed by atoms with E-state index in [1.54, 1.807) is 19.1 Å². The SMILES string of the molecule is Cc1ccc(C(=O)NC2(c3ncc(C(=O)O)[nH]3)CCC2)o1. The second kappa shape index (κ2) is 4.76. The Balaban J connectivity index is 1.83. The van der Waals surface area contributed by atoms with Crippen molar-refractivity contribution in [2.45, 2.75) is 31.7 Å². The number of rotatable bonds is 4. The summed E-state index contributed by atoms with van der Waals surface area (Å²) in [6, 6.07) is 3.33. The second-order valence-electron chi connectivity index (χ2n) is 5.25. The molecule has 21 heavy (non-hydrogen) atoms. The summed E-state index contributed by atoms with van der Waals surface area (Å²) >= 11 is 0. The number of imidazole rings is 1. The maximum atomic E-state index is 12.2. The van der Waals surface area contributed by atoms with Gasteiger partial charge in [0.25, 0.3) is 5.91 Å². The monoisotopic (exact) mass is 289 g/mol. The predicted molar refractivity (Wildman–Crippen MR) is 72.0 cm³/mol. The van der Waals surface area contributed by atoms with E-state index in [1.165, 1.54) is 6.20 Å². The summed E-state index contributed by atoms with van der Waals surface area (Å²) in [7, 11) is 0. The van der Waals surface area contributed by atoms with Crippen LogP contribution in [0.2, 0.25) is 0 Å². The molecule has 1 amide bonds. The van der Waals surface area contributed by atoms with E-state index < -0.39 is 11.5 Å². The molecule has 1 saturated carbocycles. The minimum absolute atomic E-state index is 0.0133. The normalized spacial score (nSPS) is 16.2. The lowest BCUT2D eigenvalue weighted by molar-refractivity contribution is 0.0690. The molecule has 7 nitrogen and oxygen atoms in total. The summed E-state index contributed by atoms with van der Waals surface area (Å²) in [5, 5.41) is 11.9. The zero-order valence-electron chi connectivity index (χ0n) is 11.5. The molecular formula is C14H15N3O4. The topological polar surface area (TPSA) is 108 Å². The zero-order valence-corrected chi connectivity index (χ0v) is 11.5. The summed E-state index contributed by atoms with van der Waals surface area (Å²) in [5.41, 5.74) is -0.620. The average molecular weight is 289 g/mol. The first-order chi connectivity index (χ1) is 10.00. The van der Waals surface area contributed by atoms with Crippen LogP contribution in [0, 0.1) is 6.92 Å². The molecular weight excluding hydrogens is 274 g/mol. The number of aryl methyl sites for hydroxylation is 1. The van der Waals surface area contributed by atoms with Crippen molar-refractivity contribution in [3.63, 3.8) is 0 Å². The van der Waals surface area contributed by atoms with Crippen LogP contribution in [0.3, 0.4) is 0 Å². The van der Waals surface area contributed by atoms with Crippen LogP contribution in [-0.4, -0.2) is 27.0 Å². The lowest BCUT2D eigenvalue weighted by atomic mass is 9.76. The highest BCUT2D eigenvalue weighted by molar-refractivity contribution is 5.92. The summed E-state index contributed by atoms with van der Waals surface area (Å²) < 4.78 is 5.30. The number of hydrogen-bond acceptors (Lipinski definition) is 4. The zero-order chi connectivity index (χ0) is 15.0. The highest BCUT2D eigenvalue weighted by Gasteiger charge is 2.43. The fourth-order valence-corrected chi connectivity index (χ4v) is 2.46. The molecule has 0 spiro atoms. The average Bonchev–Trinajstić information content (AvgIpc) is 3.02. The summed E-state index contributed by atoms with van der Waals surface area (Å²) in [6.07, 6.45) is 3.64. The lowest BCUT2D eigenvalue weighted by Crippen LogP contribution is -2.51. The number of nitrogens with zero attached hydrogens (tertiary/aromatic N) is 1. The van der Waals surface area contributed by atoms with Crippen LogP contribution in [0.15, 0.2) is 22.7 Å². The first-order valence-corrected chi connectivity index (χ1v) is 6.68. The van der Waals surface area contributed by atoms with E-state index in [9.17, 15) is 9.59 Å². The Morgan fingerprint density at radius 3 is 2.67 bits per heavy atom. The summed E-state index contributed by atoms with van der Waals surface area (Å²) in [4.78, 5) is 30.0. The van der Waals surface area contributed by atoms with E-state index in [-0.39, 0.29) is 17.4 Å². The Labute approximate surface area is 120 Å². The van der Waals surface area contributed by atoms with Crippen molar-refractivity contribution < 1.29 is 19.1 Å². The second-order valence-corrected chi connectivity index (χ2v) is 5.25. The largest absolute Gasteiger partial charge is 0.477 e. The molecule has 0 aromatic carbocycles. The summed E-state index contributed by atoms with van der Waals surface area (Å²) in [5.74, 6) is -0.0205. The van der Waals surface area contributed by atoms with E-state index in [1.807, 2.05) is 0 Å². The number of aromatic amines is 1. The van der Waals surface area contributed by atoms with Crippen LogP contribution in [-0.2, 0) is 5.54 Å². The lowest BCUT2D eigenvalue weighted by Gasteiger charge is -2.40. The number of amides is 1. The highest BCUT2D eigenvalue weighted by atomic mass is 16.4. The Morgan fingerprint density at radius 1 is 1.43 bits per heavy atom. The van der Waals surface area contributed by atoms with Gasteiger partial charge in [-0.1, -0.05) is 0 Å². The Bertz CT molecular complexity index is 697. The van der Waals surface area contributed by atoms with Crippen LogP contribution < -0.4 is 5.32 Å². The fourth-order valence-electron chi connectivity index (χ4n) is 2.46. The Kier molecular flexibility index (Phi) is 3.04. The standard InChI is InChI=1S/C14H15N3O4/c1-8-3-4-10(21-8)11(18)17-14(5-2-6-14)13-15-7-9(16-13)12(19)20/h3-4,7H,2,5-6H2,1H3,(H,15,16)(H,17,18)(H,19,20). The van der Waals surface area contributed by atoms with E-state index in [4.69, 9.17) is 9.52 Å². The minimum Gasteiger partial charge on any atom is -0.477 e. The Morgan fingerprint density at radius 2 is 2.19 bits per heavy atom.